The van der Waals surface area contributed by atoms with Crippen LogP contribution in [-0.2, 0) is 10.2 Å². The molecule has 136 valence electrons. The summed E-state index contributed by atoms with van der Waals surface area (Å²) in [5, 5.41) is 23.4. The molecule has 0 saturated carbocycles. The van der Waals surface area contributed by atoms with Gasteiger partial charge in [0.05, 0.1) is 11.5 Å². The Kier molecular flexibility index (Phi) is 5.03. The summed E-state index contributed by atoms with van der Waals surface area (Å²) in [4.78, 5) is 3.96. The molecule has 1 aromatic carbocycles. The van der Waals surface area contributed by atoms with E-state index in [1.807, 2.05) is 0 Å². The van der Waals surface area contributed by atoms with Gasteiger partial charge in [-0.05, 0) is 44.4 Å². The van der Waals surface area contributed by atoms with Crippen molar-refractivity contribution in [1.82, 2.24) is 20.5 Å². The highest BCUT2D eigenvalue weighted by atomic mass is 79.9. The molecule has 11 nitrogen and oxygen atoms in total. The van der Waals surface area contributed by atoms with Crippen molar-refractivity contribution in [2.75, 3.05) is 18.4 Å². The minimum absolute atomic E-state index is 0.0325. The second kappa shape index (κ2) is 8.30. The summed E-state index contributed by atoms with van der Waals surface area (Å²) < 4.78 is 64.1. The van der Waals surface area contributed by atoms with Gasteiger partial charge in [-0.1, -0.05) is 0 Å². The quantitative estimate of drug-likeness (QED) is 0.231. The summed E-state index contributed by atoms with van der Waals surface area (Å²) in [5.74, 6) is -1.33. The van der Waals surface area contributed by atoms with Gasteiger partial charge in [0, 0.05) is 15.8 Å². The Bertz CT molecular complexity index is 981. The fraction of sp³-hybridized carbons (Fsp3) is 0.182. The number of hydroxylamine groups is 1. The van der Waals surface area contributed by atoms with Crippen molar-refractivity contribution in [3.05, 3.63) is 34.2 Å². The molecule has 2 rings (SSSR count). The SMILES string of the molecule is [2H]c1cc(N=C(NO)c2nonc2NCC([2H])([2H])NS(N)(=O)=O)cc(Br)c1F. The van der Waals surface area contributed by atoms with E-state index in [2.05, 4.69) is 41.2 Å². The molecule has 0 aliphatic heterocycles. The van der Waals surface area contributed by atoms with E-state index in [4.69, 9.17) is 9.25 Å². The van der Waals surface area contributed by atoms with Crippen LogP contribution in [-0.4, -0.2) is 42.8 Å². The zero-order valence-corrected chi connectivity index (χ0v) is 14.5. The van der Waals surface area contributed by atoms with Crippen LogP contribution < -0.4 is 20.7 Å². The lowest BCUT2D eigenvalue weighted by Gasteiger charge is -2.06. The topological polar surface area (TPSA) is 168 Å². The molecule has 25 heavy (non-hydrogen) atoms. The van der Waals surface area contributed by atoms with Crippen LogP contribution >= 0.6 is 15.9 Å². The van der Waals surface area contributed by atoms with Crippen LogP contribution in [0, 0.1) is 5.82 Å². The van der Waals surface area contributed by atoms with Crippen LogP contribution in [0.5, 0.6) is 0 Å². The molecule has 14 heteroatoms. The van der Waals surface area contributed by atoms with Gasteiger partial charge in [0.2, 0.25) is 5.82 Å². The van der Waals surface area contributed by atoms with Crippen molar-refractivity contribution in [3.8, 4) is 0 Å². The lowest BCUT2D eigenvalue weighted by molar-refractivity contribution is 0.234. The standard InChI is InChI=1S/C11H13BrFN7O4S/c12-7-5-6(1-2-8(7)13)17-11(18-21)9-10(20-24-19-9)15-3-4-16-25(14,22)23/h1-2,5,16,21H,3-4H2,(H,15,20)(H,17,18)(H2,14,22,23)/i2D,4D2. The third-order valence-electron chi connectivity index (χ3n) is 2.45. The molecule has 0 saturated heterocycles. The van der Waals surface area contributed by atoms with E-state index in [1.54, 1.807) is 10.2 Å². The first-order valence-electron chi connectivity index (χ1n) is 7.75. The molecule has 0 amide bonds. The van der Waals surface area contributed by atoms with E-state index >= 15 is 0 Å². The Balaban J connectivity index is 2.27. The number of nitrogens with zero attached hydrogens (tertiary/aromatic N) is 3. The summed E-state index contributed by atoms with van der Waals surface area (Å²) in [7, 11) is -4.31. The Morgan fingerprint density at radius 1 is 1.60 bits per heavy atom. The molecule has 6 N–H and O–H groups in total. The zero-order chi connectivity index (χ0) is 21.1. The van der Waals surface area contributed by atoms with Crippen LogP contribution in [0.1, 0.15) is 9.81 Å². The molecule has 0 unspecified atom stereocenters. The number of benzene rings is 1. The number of aromatic nitrogens is 2. The van der Waals surface area contributed by atoms with Crippen molar-refractivity contribution in [1.29, 1.82) is 0 Å². The van der Waals surface area contributed by atoms with Gasteiger partial charge in [0.15, 0.2) is 11.5 Å². The number of rotatable bonds is 7. The summed E-state index contributed by atoms with van der Waals surface area (Å²) in [6.45, 7) is -3.13. The third-order valence-corrected chi connectivity index (χ3v) is 3.46. The van der Waals surface area contributed by atoms with Crippen LogP contribution in [0.4, 0.5) is 15.9 Å². The van der Waals surface area contributed by atoms with Gasteiger partial charge in [0.25, 0.3) is 10.2 Å². The molecule has 1 heterocycles. The van der Waals surface area contributed by atoms with Gasteiger partial charge in [-0.2, -0.15) is 8.42 Å². The van der Waals surface area contributed by atoms with Gasteiger partial charge in [0.1, 0.15) is 5.82 Å². The summed E-state index contributed by atoms with van der Waals surface area (Å²) in [5.41, 5.74) is 1.59. The van der Waals surface area contributed by atoms with Gasteiger partial charge in [-0.15, -0.1) is 0 Å². The minimum Gasteiger partial charge on any atom is -0.364 e. The highest BCUT2D eigenvalue weighted by Gasteiger charge is 2.16. The van der Waals surface area contributed by atoms with E-state index in [0.717, 1.165) is 6.07 Å². The highest BCUT2D eigenvalue weighted by molar-refractivity contribution is 9.10. The Morgan fingerprint density at radius 3 is 3.00 bits per heavy atom. The molecule has 2 aromatic rings. The summed E-state index contributed by atoms with van der Waals surface area (Å²) in [6.07, 6.45) is 0. The van der Waals surface area contributed by atoms with Crippen molar-refractivity contribution in [3.63, 3.8) is 0 Å². The van der Waals surface area contributed by atoms with Gasteiger partial charge in [-0.3, -0.25) is 10.7 Å². The van der Waals surface area contributed by atoms with Crippen molar-refractivity contribution < 1.29 is 26.8 Å². The number of nitrogens with one attached hydrogen (secondary N) is 3. The first-order valence-corrected chi connectivity index (χ1v) is 8.59. The molecule has 0 bridgehead atoms. The maximum atomic E-state index is 13.5. The van der Waals surface area contributed by atoms with Crippen molar-refractivity contribution in [2.24, 2.45) is 10.1 Å². The molecule has 0 atom stereocenters. The second-order valence-electron chi connectivity index (χ2n) is 4.23. The lowest BCUT2D eigenvalue weighted by atomic mass is 10.3. The Morgan fingerprint density at radius 2 is 2.36 bits per heavy atom. The van der Waals surface area contributed by atoms with Crippen LogP contribution in [0.2, 0.25) is 0 Å². The van der Waals surface area contributed by atoms with Crippen LogP contribution in [0.3, 0.4) is 0 Å². The predicted molar refractivity (Wildman–Crippen MR) is 89.1 cm³/mol. The number of nitrogens with two attached hydrogens (primary N) is 1. The van der Waals surface area contributed by atoms with Gasteiger partial charge in [-0.25, -0.2) is 23.9 Å². The maximum Gasteiger partial charge on any atom is 0.274 e. The van der Waals surface area contributed by atoms with Crippen LogP contribution in [0.25, 0.3) is 0 Å². The monoisotopic (exact) mass is 440 g/mol. The molecule has 0 aliphatic carbocycles. The summed E-state index contributed by atoms with van der Waals surface area (Å²) >= 11 is 2.93. The fourth-order valence-corrected chi connectivity index (χ4v) is 2.11. The predicted octanol–water partition coefficient (Wildman–Crippen LogP) is 0.233. The average molecular weight is 441 g/mol. The zero-order valence-electron chi connectivity index (χ0n) is 15.1. The molecule has 0 fully saturated rings. The molecule has 0 aliphatic rings. The Labute approximate surface area is 153 Å². The smallest absolute Gasteiger partial charge is 0.274 e. The van der Waals surface area contributed by atoms with E-state index in [1.165, 1.54) is 6.07 Å². The van der Waals surface area contributed by atoms with Gasteiger partial charge >= 0.3 is 0 Å². The number of halogens is 2. The van der Waals surface area contributed by atoms with Gasteiger partial charge < -0.3 is 5.32 Å². The first-order chi connectivity index (χ1) is 12.9. The highest BCUT2D eigenvalue weighted by Crippen LogP contribution is 2.23. The molecule has 1 aromatic heterocycles. The first kappa shape index (κ1) is 15.2. The molecule has 0 radical (unpaired) electrons. The number of anilines is 1. The number of amidine groups is 1. The van der Waals surface area contributed by atoms with Crippen molar-refractivity contribution >= 4 is 43.5 Å². The lowest BCUT2D eigenvalue weighted by Crippen LogP contribution is -2.34. The van der Waals surface area contributed by atoms with Crippen LogP contribution in [0.15, 0.2) is 32.3 Å². The maximum absolute atomic E-state index is 13.5. The normalized spacial score (nSPS) is 14.6. The molecular weight excluding hydrogens is 425 g/mol. The largest absolute Gasteiger partial charge is 0.364 e. The number of aliphatic imine (C=N–C) groups is 1. The van der Waals surface area contributed by atoms with E-state index in [0.29, 0.717) is 0 Å². The minimum atomic E-state index is -4.31. The van der Waals surface area contributed by atoms with Crippen molar-refractivity contribution in [2.45, 2.75) is 0 Å². The molecular formula is C11H13BrFN7O4S. The van der Waals surface area contributed by atoms with E-state index in [9.17, 15) is 18.0 Å². The Hall–Kier alpha value is -2.13. The summed E-state index contributed by atoms with van der Waals surface area (Å²) in [6, 6.07) is 1.86. The molecule has 0 spiro atoms. The number of hydrogen-bond donors (Lipinski definition) is 5. The second-order valence-corrected chi connectivity index (χ2v) is 6.38. The fourth-order valence-electron chi connectivity index (χ4n) is 1.49. The van der Waals surface area contributed by atoms with E-state index < -0.39 is 35.1 Å². The third kappa shape index (κ3) is 5.71. The number of hydrogen-bond acceptors (Lipinski definition) is 8. The van der Waals surface area contributed by atoms with E-state index in [-0.39, 0.29) is 27.5 Å². The average Bonchev–Trinajstić information content (AvgIpc) is 3.02.